The van der Waals surface area contributed by atoms with Crippen molar-refractivity contribution in [3.63, 3.8) is 0 Å². The van der Waals surface area contributed by atoms with Crippen molar-refractivity contribution in [2.75, 3.05) is 13.2 Å². The van der Waals surface area contributed by atoms with Crippen molar-refractivity contribution in [3.8, 4) is 22.5 Å². The van der Waals surface area contributed by atoms with E-state index in [0.29, 0.717) is 0 Å². The van der Waals surface area contributed by atoms with Crippen molar-refractivity contribution in [3.05, 3.63) is 82.2 Å². The van der Waals surface area contributed by atoms with Crippen molar-refractivity contribution in [1.29, 1.82) is 0 Å². The number of nitrogens with zero attached hydrogens (tertiary/aromatic N) is 8. The van der Waals surface area contributed by atoms with E-state index >= 15 is 0 Å². The van der Waals surface area contributed by atoms with Crippen LogP contribution < -0.4 is 0 Å². The van der Waals surface area contributed by atoms with Gasteiger partial charge in [-0.15, -0.1) is 0 Å². The van der Waals surface area contributed by atoms with Crippen LogP contribution in [-0.4, -0.2) is 52.7 Å². The minimum atomic E-state index is 0.0508. The smallest absolute Gasteiger partial charge is 0.150 e. The molecular weight excluding hydrogens is 703 g/mol. The van der Waals surface area contributed by atoms with Crippen LogP contribution in [0.25, 0.3) is 44.6 Å². The van der Waals surface area contributed by atoms with E-state index in [0.717, 1.165) is 100 Å². The van der Waals surface area contributed by atoms with Crippen LogP contribution >= 0.6 is 22.6 Å². The van der Waals surface area contributed by atoms with Crippen LogP contribution in [0.2, 0.25) is 0 Å². The molecule has 0 amide bonds. The molecule has 0 bridgehead atoms. The Bertz CT molecular complexity index is 1980. The van der Waals surface area contributed by atoms with Gasteiger partial charge in [-0.05, 0) is 121 Å². The molecule has 10 nitrogen and oxygen atoms in total. The van der Waals surface area contributed by atoms with Crippen LogP contribution in [0.1, 0.15) is 76.0 Å². The lowest BCUT2D eigenvalue weighted by atomic mass is 10.1. The Morgan fingerprint density at radius 3 is 1.89 bits per heavy atom. The number of aryl methyl sites for hydroxylation is 2. The molecule has 0 spiro atoms. The third-order valence-corrected chi connectivity index (χ3v) is 9.56. The maximum atomic E-state index is 5.84. The molecular formula is C36H39IN8O2. The van der Waals surface area contributed by atoms with Crippen LogP contribution in [0, 0.1) is 3.70 Å². The van der Waals surface area contributed by atoms with Crippen molar-refractivity contribution < 1.29 is 9.47 Å². The lowest BCUT2D eigenvalue weighted by Gasteiger charge is -2.22. The highest BCUT2D eigenvalue weighted by Crippen LogP contribution is 2.29. The first-order chi connectivity index (χ1) is 23.1. The molecule has 2 aliphatic rings. The van der Waals surface area contributed by atoms with Gasteiger partial charge in [-0.2, -0.15) is 10.2 Å². The third kappa shape index (κ3) is 7.21. The molecule has 0 saturated carbocycles. The topological polar surface area (TPSA) is 106 Å². The fourth-order valence-electron chi connectivity index (χ4n) is 5.98. The van der Waals surface area contributed by atoms with E-state index in [1.54, 1.807) is 0 Å². The maximum Gasteiger partial charge on any atom is 0.150 e. The first-order valence-corrected chi connectivity index (χ1v) is 17.7. The summed E-state index contributed by atoms with van der Waals surface area (Å²) in [4.78, 5) is 18.5. The highest BCUT2D eigenvalue weighted by Gasteiger charge is 2.20. The number of hydrogen-bond acceptors (Lipinski definition) is 8. The Kier molecular flexibility index (Phi) is 9.82. The van der Waals surface area contributed by atoms with Crippen molar-refractivity contribution in [2.45, 2.75) is 77.7 Å². The van der Waals surface area contributed by atoms with Gasteiger partial charge in [0.15, 0.2) is 0 Å². The number of fused-ring (bicyclic) bond motifs is 2. The second-order valence-electron chi connectivity index (χ2n) is 12.0. The first-order valence-electron chi connectivity index (χ1n) is 16.6. The van der Waals surface area contributed by atoms with Crippen LogP contribution in [-0.2, 0) is 22.3 Å². The fourth-order valence-corrected chi connectivity index (χ4v) is 6.64. The van der Waals surface area contributed by atoms with Crippen LogP contribution in [0.5, 0.6) is 0 Å². The number of halogens is 1. The zero-order chi connectivity index (χ0) is 32.2. The molecule has 0 N–H and O–H groups in total. The summed E-state index contributed by atoms with van der Waals surface area (Å²) in [5.74, 6) is 0. The maximum absolute atomic E-state index is 5.84. The Morgan fingerprint density at radius 1 is 0.702 bits per heavy atom. The highest BCUT2D eigenvalue weighted by molar-refractivity contribution is 14.1. The number of pyridine rings is 4. The summed E-state index contributed by atoms with van der Waals surface area (Å²) in [5, 5.41) is 9.11. The molecule has 2 saturated heterocycles. The van der Waals surface area contributed by atoms with Gasteiger partial charge in [0.1, 0.15) is 16.2 Å². The normalized spacial score (nSPS) is 18.3. The van der Waals surface area contributed by atoms with E-state index in [9.17, 15) is 0 Å². The summed E-state index contributed by atoms with van der Waals surface area (Å²) in [5.41, 5.74) is 10.0. The fraction of sp³-hybridized carbons (Fsp3) is 0.389. The van der Waals surface area contributed by atoms with E-state index in [2.05, 4.69) is 74.9 Å². The number of aromatic nitrogens is 8. The van der Waals surface area contributed by atoms with Gasteiger partial charge in [-0.3, -0.25) is 9.97 Å². The Labute approximate surface area is 288 Å². The predicted octanol–water partition coefficient (Wildman–Crippen LogP) is 8.11. The molecule has 242 valence electrons. The van der Waals surface area contributed by atoms with E-state index in [1.807, 2.05) is 58.4 Å². The second kappa shape index (κ2) is 14.5. The van der Waals surface area contributed by atoms with Crippen LogP contribution in [0.4, 0.5) is 0 Å². The SMILES string of the molecule is CCc1cnc2ccc(-c3cn(C4CCCCO4)nc3I)nc2c1.CCc1cnc2ccc(-c3cnn(C4CCCCO4)c3)nc2c1. The Hall–Kier alpha value is -3.81. The molecule has 2 atom stereocenters. The average molecular weight is 743 g/mol. The van der Waals surface area contributed by atoms with Gasteiger partial charge in [-0.1, -0.05) is 13.8 Å². The van der Waals surface area contributed by atoms with Crippen molar-refractivity contribution in [2.24, 2.45) is 0 Å². The second-order valence-corrected chi connectivity index (χ2v) is 13.1. The van der Waals surface area contributed by atoms with Crippen molar-refractivity contribution >= 4 is 44.7 Å². The molecule has 11 heteroatoms. The molecule has 6 aromatic heterocycles. The first kappa shape index (κ1) is 31.8. The van der Waals surface area contributed by atoms with E-state index in [4.69, 9.17) is 19.4 Å². The van der Waals surface area contributed by atoms with E-state index in [-0.39, 0.29) is 12.5 Å². The molecule has 2 aliphatic heterocycles. The van der Waals surface area contributed by atoms with Gasteiger partial charge >= 0.3 is 0 Å². The van der Waals surface area contributed by atoms with Crippen LogP contribution in [0.3, 0.4) is 0 Å². The third-order valence-electron chi connectivity index (χ3n) is 8.77. The summed E-state index contributed by atoms with van der Waals surface area (Å²) in [6, 6.07) is 12.3. The van der Waals surface area contributed by atoms with E-state index in [1.165, 1.54) is 24.0 Å². The van der Waals surface area contributed by atoms with Gasteiger partial charge in [0, 0.05) is 43.6 Å². The monoisotopic (exact) mass is 742 g/mol. The van der Waals surface area contributed by atoms with Gasteiger partial charge in [0.25, 0.3) is 0 Å². The molecule has 0 aliphatic carbocycles. The molecule has 8 heterocycles. The average Bonchev–Trinajstić information content (AvgIpc) is 3.79. The summed E-state index contributed by atoms with van der Waals surface area (Å²) >= 11 is 2.28. The standard InChI is InChI=1S/C18H19IN4O.C18H20N4O/c1-2-12-9-16-15(20-10-12)7-6-14(21-16)13-11-23(22-18(13)19)17-5-3-4-8-24-17;1-2-13-9-17-16(19-10-13)7-6-15(21-17)14-11-20-22(12-14)18-5-3-4-8-23-18/h6-7,9-11,17H,2-5,8H2,1H3;6-7,9-12,18H,2-5,8H2,1H3. The number of rotatable bonds is 6. The van der Waals surface area contributed by atoms with Gasteiger partial charge in [0.05, 0.1) is 45.2 Å². The zero-order valence-corrected chi connectivity index (χ0v) is 29.0. The molecule has 2 unspecified atom stereocenters. The van der Waals surface area contributed by atoms with E-state index < -0.39 is 0 Å². The summed E-state index contributed by atoms with van der Waals surface area (Å²) in [6.45, 7) is 5.89. The largest absolute Gasteiger partial charge is 0.357 e. The zero-order valence-electron chi connectivity index (χ0n) is 26.8. The molecule has 6 aromatic rings. The molecule has 2 fully saturated rings. The van der Waals surface area contributed by atoms with Gasteiger partial charge in [-0.25, -0.2) is 19.3 Å². The Morgan fingerprint density at radius 2 is 1.30 bits per heavy atom. The summed E-state index contributed by atoms with van der Waals surface area (Å²) in [7, 11) is 0. The lowest BCUT2D eigenvalue weighted by molar-refractivity contribution is -0.0396. The molecule has 8 rings (SSSR count). The minimum Gasteiger partial charge on any atom is -0.357 e. The molecule has 0 radical (unpaired) electrons. The van der Waals surface area contributed by atoms with Crippen molar-refractivity contribution in [1.82, 2.24) is 39.5 Å². The van der Waals surface area contributed by atoms with Gasteiger partial charge in [0.2, 0.25) is 0 Å². The summed E-state index contributed by atoms with van der Waals surface area (Å²) in [6.07, 6.45) is 18.5. The quantitative estimate of drug-likeness (QED) is 0.158. The number of hydrogen-bond donors (Lipinski definition) is 0. The summed E-state index contributed by atoms with van der Waals surface area (Å²) < 4.78 is 16.4. The minimum absolute atomic E-state index is 0.0508. The lowest BCUT2D eigenvalue weighted by Crippen LogP contribution is -2.18. The highest BCUT2D eigenvalue weighted by atomic mass is 127. The number of ether oxygens (including phenoxy) is 2. The predicted molar refractivity (Wildman–Crippen MR) is 191 cm³/mol. The van der Waals surface area contributed by atoms with Crippen LogP contribution in [0.15, 0.2) is 67.4 Å². The Balaban J connectivity index is 0.000000150. The van der Waals surface area contributed by atoms with Gasteiger partial charge < -0.3 is 9.47 Å². The molecule has 47 heavy (non-hydrogen) atoms. The molecule has 0 aromatic carbocycles.